The second-order valence-electron chi connectivity index (χ2n) is 15.5. The van der Waals surface area contributed by atoms with Gasteiger partial charge in [0, 0.05) is 81.4 Å². The van der Waals surface area contributed by atoms with E-state index in [1.165, 1.54) is 12.8 Å². The third kappa shape index (κ3) is 8.29. The summed E-state index contributed by atoms with van der Waals surface area (Å²) in [5, 5.41) is 20.5. The minimum Gasteiger partial charge on any atom is -0.427 e. The number of fused-ring (bicyclic) bond motifs is 3. The zero-order chi connectivity index (χ0) is 37.6. The molecule has 7 rings (SSSR count). The van der Waals surface area contributed by atoms with Crippen LogP contribution < -0.4 is 57.1 Å². The molecule has 5 heterocycles. The van der Waals surface area contributed by atoms with Crippen molar-refractivity contribution in [1.82, 2.24) is 14.7 Å². The molecule has 3 unspecified atom stereocenters. The molecule has 1 aromatic carbocycles. The number of benzene rings is 1. The number of likely N-dealkylation sites (tertiary alicyclic amines) is 2. The summed E-state index contributed by atoms with van der Waals surface area (Å²) in [5.74, 6) is -0.614. The maximum Gasteiger partial charge on any atom is 1.00 e. The van der Waals surface area contributed by atoms with Crippen molar-refractivity contribution in [3.05, 3.63) is 68.5 Å². The van der Waals surface area contributed by atoms with E-state index in [2.05, 4.69) is 26.8 Å². The maximum atomic E-state index is 17.1. The molecule has 5 aliphatic rings. The normalized spacial score (nSPS) is 23.7. The van der Waals surface area contributed by atoms with E-state index < -0.39 is 23.9 Å². The molecular formula is C40H49F3KN6O3S-. The van der Waals surface area contributed by atoms with E-state index in [0.717, 1.165) is 67.8 Å². The van der Waals surface area contributed by atoms with Crippen molar-refractivity contribution < 1.29 is 79.1 Å². The fourth-order valence-corrected chi connectivity index (χ4v) is 9.58. The third-order valence-electron chi connectivity index (χ3n) is 11.5. The topological polar surface area (TPSA) is 111 Å². The molecule has 0 radical (unpaired) electrons. The summed E-state index contributed by atoms with van der Waals surface area (Å²) in [6, 6.07) is 5.42. The van der Waals surface area contributed by atoms with Crippen LogP contribution in [0.15, 0.2) is 16.6 Å². The molecule has 4 aliphatic heterocycles. The average Bonchev–Trinajstić information content (AvgIpc) is 3.41. The van der Waals surface area contributed by atoms with E-state index in [4.69, 9.17) is 20.2 Å². The van der Waals surface area contributed by atoms with Gasteiger partial charge in [0.1, 0.15) is 23.1 Å². The van der Waals surface area contributed by atoms with Crippen molar-refractivity contribution in [2.24, 2.45) is 10.4 Å². The molecule has 3 N–H and O–H groups in total. The number of β-amino-alcohol motifs (C(OH)–C–C–N with tert-alkyl or cyclic N) is 1. The Bertz CT molecular complexity index is 1850. The Hall–Kier alpha value is -1.74. The van der Waals surface area contributed by atoms with E-state index in [1.54, 1.807) is 13.8 Å². The smallest absolute Gasteiger partial charge is 0.427 e. The van der Waals surface area contributed by atoms with Crippen LogP contribution in [-0.4, -0.2) is 95.9 Å². The summed E-state index contributed by atoms with van der Waals surface area (Å²) in [6.45, 7) is 13.2. The number of allylic oxidation sites excluding steroid dienone is 2. The number of piperazine rings is 1. The Morgan fingerprint density at radius 1 is 1.20 bits per heavy atom. The monoisotopic (exact) mass is 789 g/mol. The van der Waals surface area contributed by atoms with Crippen LogP contribution in [0.25, 0.3) is 11.4 Å². The number of hydrogen-bond donors (Lipinski definition) is 2. The number of aliphatic hydroxyl groups excluding tert-OH is 1. The van der Waals surface area contributed by atoms with Crippen molar-refractivity contribution in [1.29, 1.82) is 5.26 Å². The fraction of sp³-hybridized carbons (Fsp3) is 0.575. The van der Waals surface area contributed by atoms with Crippen LogP contribution in [-0.2, 0) is 22.7 Å². The summed E-state index contributed by atoms with van der Waals surface area (Å²) < 4.78 is 58.2. The van der Waals surface area contributed by atoms with Gasteiger partial charge < -0.3 is 30.2 Å². The standard InChI is InChI=1S/C40H49F3N6O3S.K/c1-5-23(3)34(36-29(12-44)38(45)53-37(36)32(42)6-2)35-31-19-51-18-30(31)28(11-33(35)43)39(49-26-7-8-27(49)17-47(16-26)13-24(4)50)46-22-52-21-40(9-10-40)20-48-14-25(41)15-48;/h6,22,24-27,50H,5,7-10,13-21,45H2,1-4H3;/q-2;+1/b32-6+,34-23?,46-39+;. The van der Waals surface area contributed by atoms with Crippen molar-refractivity contribution in [2.45, 2.75) is 97.4 Å². The molecule has 3 saturated heterocycles. The van der Waals surface area contributed by atoms with Gasteiger partial charge in [0.05, 0.1) is 23.2 Å². The number of anilines is 1. The van der Waals surface area contributed by atoms with E-state index in [0.29, 0.717) is 55.2 Å². The van der Waals surface area contributed by atoms with Crippen LogP contribution in [0, 0.1) is 35.4 Å². The molecule has 2 bridgehead atoms. The van der Waals surface area contributed by atoms with Gasteiger partial charge in [-0.3, -0.25) is 9.80 Å². The van der Waals surface area contributed by atoms with Gasteiger partial charge in [-0.2, -0.15) is 5.26 Å². The van der Waals surface area contributed by atoms with Crippen molar-refractivity contribution >= 4 is 33.6 Å². The van der Waals surface area contributed by atoms with Crippen LogP contribution in [0.2, 0.25) is 0 Å². The number of nitrogens with zero attached hydrogens (tertiary/aromatic N) is 5. The van der Waals surface area contributed by atoms with Gasteiger partial charge in [0.2, 0.25) is 0 Å². The molecule has 14 heteroatoms. The average molecular weight is 790 g/mol. The first-order chi connectivity index (χ1) is 25.5. The minimum atomic E-state index is -0.749. The molecule has 9 nitrogen and oxygen atoms in total. The van der Waals surface area contributed by atoms with Gasteiger partial charge in [-0.05, 0) is 71.0 Å². The number of halogens is 3. The number of amidine groups is 1. The van der Waals surface area contributed by atoms with Crippen molar-refractivity contribution in [3.63, 3.8) is 0 Å². The second-order valence-corrected chi connectivity index (χ2v) is 16.5. The van der Waals surface area contributed by atoms with Crippen molar-refractivity contribution in [3.8, 4) is 6.07 Å². The number of thiophene rings is 1. The van der Waals surface area contributed by atoms with Gasteiger partial charge in [-0.1, -0.05) is 29.7 Å². The molecule has 1 aliphatic carbocycles. The molecule has 2 aromatic rings. The third-order valence-corrected chi connectivity index (χ3v) is 12.5. The predicted octanol–water partition coefficient (Wildman–Crippen LogP) is 3.58. The zero-order valence-corrected chi connectivity index (χ0v) is 35.9. The van der Waals surface area contributed by atoms with Gasteiger partial charge in [0.25, 0.3) is 0 Å². The summed E-state index contributed by atoms with van der Waals surface area (Å²) >= 11 is 0.982. The summed E-state index contributed by atoms with van der Waals surface area (Å²) in [6.07, 6.45) is 4.52. The van der Waals surface area contributed by atoms with E-state index in [1.807, 2.05) is 13.8 Å². The molecular weight excluding hydrogens is 741 g/mol. The number of hydrogen-bond acceptors (Lipinski definition) is 9. The number of aliphatic hydroxyl groups is 1. The molecule has 54 heavy (non-hydrogen) atoms. The zero-order valence-electron chi connectivity index (χ0n) is 32.0. The summed E-state index contributed by atoms with van der Waals surface area (Å²) in [7, 11) is 0. The molecule has 1 aromatic heterocycles. The number of aliphatic imine (C=N–C) groups is 1. The maximum absolute atomic E-state index is 17.1. The molecule has 0 spiro atoms. The first-order valence-electron chi connectivity index (χ1n) is 18.7. The predicted molar refractivity (Wildman–Crippen MR) is 200 cm³/mol. The molecule has 286 valence electrons. The van der Waals surface area contributed by atoms with Gasteiger partial charge in [-0.15, -0.1) is 28.5 Å². The SMILES string of the molecule is C/C=C(/F)c1sc(N)c(C#N)c1C(=C(C)CC)c1c(F)[c-]c(/C(=N\[CH-]OCC2(CN3CC(F)C3)CC2)N2C3CCC2CN(CC(C)O)C3)c2c1COC2.[K+]. The molecule has 3 atom stereocenters. The minimum absolute atomic E-state index is 0. The van der Waals surface area contributed by atoms with Gasteiger partial charge in [0.15, 0.2) is 0 Å². The molecule has 4 fully saturated rings. The first kappa shape index (κ1) is 41.9. The Labute approximate surface area is 363 Å². The molecule has 1 saturated carbocycles. The number of nitriles is 1. The summed E-state index contributed by atoms with van der Waals surface area (Å²) in [4.78, 5) is 11.8. The van der Waals surface area contributed by atoms with Crippen LogP contribution >= 0.6 is 11.3 Å². The largest absolute Gasteiger partial charge is 1.00 e. The molecule has 0 amide bonds. The van der Waals surface area contributed by atoms with Crippen LogP contribution in [0.4, 0.5) is 18.2 Å². The number of nitrogen functional groups attached to an aromatic ring is 1. The Morgan fingerprint density at radius 3 is 2.48 bits per heavy atom. The quantitative estimate of drug-likeness (QED) is 0.104. The first-order valence-corrected chi connectivity index (χ1v) is 19.5. The second kappa shape index (κ2) is 17.4. The van der Waals surface area contributed by atoms with Gasteiger partial charge >= 0.3 is 51.4 Å². The van der Waals surface area contributed by atoms with Crippen LogP contribution in [0.1, 0.15) is 98.1 Å². The Balaban J connectivity index is 0.00000497. The Morgan fingerprint density at radius 2 is 1.89 bits per heavy atom. The van der Waals surface area contributed by atoms with Crippen molar-refractivity contribution in [2.75, 3.05) is 51.6 Å². The van der Waals surface area contributed by atoms with E-state index in [-0.39, 0.29) is 109 Å². The Kier molecular flexibility index (Phi) is 13.5. The summed E-state index contributed by atoms with van der Waals surface area (Å²) in [5.41, 5.74) is 9.97. The van der Waals surface area contributed by atoms with Gasteiger partial charge in [-0.25, -0.2) is 13.2 Å². The fourth-order valence-electron chi connectivity index (χ4n) is 8.59. The van der Waals surface area contributed by atoms with Crippen LogP contribution in [0.3, 0.4) is 0 Å². The number of nitrogens with two attached hydrogens (primary N) is 1. The number of ether oxygens (including phenoxy) is 2. The number of rotatable bonds is 13. The van der Waals surface area contributed by atoms with E-state index >= 15 is 8.78 Å². The van der Waals surface area contributed by atoms with Crippen LogP contribution in [0.5, 0.6) is 0 Å². The van der Waals surface area contributed by atoms with E-state index in [9.17, 15) is 14.8 Å². The number of alkyl halides is 1.